The first kappa shape index (κ1) is 30.3. The lowest BCUT2D eigenvalue weighted by molar-refractivity contribution is 0.00578. The Hall–Kier alpha value is -3.40. The fraction of sp³-hybridized carbons (Fsp3) is 0.500. The average molecular weight is 611 g/mol. The molecule has 1 amide bonds. The van der Waals surface area contributed by atoms with E-state index in [2.05, 4.69) is 70.2 Å². The van der Waals surface area contributed by atoms with Gasteiger partial charge in [0.2, 0.25) is 0 Å². The summed E-state index contributed by atoms with van der Waals surface area (Å²) in [6.07, 6.45) is 1.20. The fourth-order valence-electron chi connectivity index (χ4n) is 6.99. The molecule has 2 atom stereocenters. The van der Waals surface area contributed by atoms with Crippen molar-refractivity contribution in [3.63, 3.8) is 0 Å². The van der Waals surface area contributed by atoms with Gasteiger partial charge in [-0.2, -0.15) is 0 Å². The number of methoxy groups -OCH3 is 1. The van der Waals surface area contributed by atoms with Crippen molar-refractivity contribution in [3.05, 3.63) is 53.6 Å². The quantitative estimate of drug-likeness (QED) is 0.310. The van der Waals surface area contributed by atoms with E-state index in [9.17, 15) is 4.79 Å². The monoisotopic (exact) mass is 610 g/mol. The summed E-state index contributed by atoms with van der Waals surface area (Å²) < 4.78 is 30.2. The van der Waals surface area contributed by atoms with E-state index in [-0.39, 0.29) is 18.1 Å². The molecule has 0 saturated carbocycles. The third-order valence-corrected chi connectivity index (χ3v) is 9.96. The molecule has 2 saturated heterocycles. The van der Waals surface area contributed by atoms with Gasteiger partial charge >= 0.3 is 13.2 Å². The maximum absolute atomic E-state index is 13.3. The highest BCUT2D eigenvalue weighted by Gasteiger charge is 2.52. The van der Waals surface area contributed by atoms with Crippen LogP contribution in [0.4, 0.5) is 10.5 Å². The molecule has 2 fully saturated rings. The van der Waals surface area contributed by atoms with E-state index in [1.165, 1.54) is 11.1 Å². The lowest BCUT2D eigenvalue weighted by Crippen LogP contribution is -2.43. The second-order valence-corrected chi connectivity index (χ2v) is 14.9. The summed E-state index contributed by atoms with van der Waals surface area (Å²) in [4.78, 5) is 20.2. The average Bonchev–Trinajstić information content (AvgIpc) is 3.64. The molecule has 9 heteroatoms. The van der Waals surface area contributed by atoms with Gasteiger partial charge in [-0.1, -0.05) is 24.3 Å². The number of carbonyl (C=O) groups excluding carboxylic acids is 1. The van der Waals surface area contributed by atoms with Gasteiger partial charge in [-0.05, 0) is 106 Å². The Balaban J connectivity index is 1.16. The number of amides is 1. The Morgan fingerprint density at radius 3 is 2.51 bits per heavy atom. The Bertz CT molecular complexity index is 1710. The maximum Gasteiger partial charge on any atom is 0.494 e. The lowest BCUT2D eigenvalue weighted by atomic mass is 9.77. The third-order valence-electron chi connectivity index (χ3n) is 9.96. The van der Waals surface area contributed by atoms with Crippen LogP contribution in [0.5, 0.6) is 5.75 Å². The van der Waals surface area contributed by atoms with Crippen molar-refractivity contribution in [1.29, 1.82) is 0 Å². The number of hydrogen-bond donors (Lipinski definition) is 0. The van der Waals surface area contributed by atoms with E-state index >= 15 is 0 Å². The molecule has 3 aromatic rings. The number of carbonyl (C=O) groups is 1. The van der Waals surface area contributed by atoms with Crippen molar-refractivity contribution in [2.45, 2.75) is 90.8 Å². The summed E-state index contributed by atoms with van der Waals surface area (Å²) in [7, 11) is 1.30. The second-order valence-electron chi connectivity index (χ2n) is 14.9. The lowest BCUT2D eigenvalue weighted by Gasteiger charge is -2.32. The molecule has 0 aliphatic carbocycles. The maximum atomic E-state index is 13.3. The second kappa shape index (κ2) is 10.6. The van der Waals surface area contributed by atoms with Crippen molar-refractivity contribution < 1.29 is 28.3 Å². The minimum Gasteiger partial charge on any atom is -0.488 e. The van der Waals surface area contributed by atoms with E-state index < -0.39 is 23.9 Å². The smallest absolute Gasteiger partial charge is 0.488 e. The van der Waals surface area contributed by atoms with Crippen LogP contribution >= 0.6 is 0 Å². The number of aliphatic imine (C=N–C) groups is 1. The summed E-state index contributed by atoms with van der Waals surface area (Å²) in [5.74, 6) is 1.11. The number of hydrogen-bond acceptors (Lipinski definition) is 7. The standard InChI is InChI=1S/C36H43BN2O6/c1-34(2,3)43-33(40)39-18-21(19-41-8)13-31(39)30-16-27-26-17-32-28(15-22(26)9-12-29(27)38-30)25-11-10-24(14-23(25)20-42-32)37-44-35(4,5)36(6,7)45-37/h9-12,14-15,17,21,31H,13,16,18-20H2,1-8H3/t21-,31+/m1/s1. The Kier molecular flexibility index (Phi) is 7.11. The van der Waals surface area contributed by atoms with Gasteiger partial charge < -0.3 is 23.5 Å². The van der Waals surface area contributed by atoms with Gasteiger partial charge in [-0.3, -0.25) is 9.89 Å². The predicted octanol–water partition coefficient (Wildman–Crippen LogP) is 6.60. The normalized spacial score (nSPS) is 23.0. The molecule has 4 heterocycles. The predicted molar refractivity (Wildman–Crippen MR) is 177 cm³/mol. The first-order valence-corrected chi connectivity index (χ1v) is 16.0. The van der Waals surface area contributed by atoms with Crippen molar-refractivity contribution in [2.24, 2.45) is 10.9 Å². The van der Waals surface area contributed by atoms with Crippen LogP contribution in [0.3, 0.4) is 0 Å². The van der Waals surface area contributed by atoms with Crippen LogP contribution in [-0.4, -0.2) is 66.9 Å². The van der Waals surface area contributed by atoms with Crippen molar-refractivity contribution in [3.8, 4) is 16.9 Å². The van der Waals surface area contributed by atoms with E-state index in [4.69, 9.17) is 28.5 Å². The zero-order chi connectivity index (χ0) is 31.9. The molecule has 45 heavy (non-hydrogen) atoms. The summed E-state index contributed by atoms with van der Waals surface area (Å²) in [6.45, 7) is 15.7. The minimum absolute atomic E-state index is 0.124. The van der Waals surface area contributed by atoms with Crippen LogP contribution in [0.2, 0.25) is 0 Å². The minimum atomic E-state index is -0.567. The highest BCUT2D eigenvalue weighted by atomic mass is 16.7. The topological polar surface area (TPSA) is 78.8 Å². The first-order valence-electron chi connectivity index (χ1n) is 16.0. The van der Waals surface area contributed by atoms with Crippen LogP contribution in [0.1, 0.15) is 66.0 Å². The van der Waals surface area contributed by atoms with Crippen molar-refractivity contribution >= 4 is 40.8 Å². The van der Waals surface area contributed by atoms with Crippen LogP contribution in [0, 0.1) is 5.92 Å². The number of ether oxygens (including phenoxy) is 3. The van der Waals surface area contributed by atoms with Gasteiger partial charge in [0, 0.05) is 37.3 Å². The van der Waals surface area contributed by atoms with Crippen LogP contribution in [0.25, 0.3) is 21.9 Å². The van der Waals surface area contributed by atoms with Gasteiger partial charge in [-0.15, -0.1) is 0 Å². The molecule has 0 bridgehead atoms. The summed E-state index contributed by atoms with van der Waals surface area (Å²) in [5, 5.41) is 2.28. The van der Waals surface area contributed by atoms with Gasteiger partial charge in [0.05, 0.1) is 29.5 Å². The van der Waals surface area contributed by atoms with Gasteiger partial charge in [0.15, 0.2) is 0 Å². The first-order chi connectivity index (χ1) is 21.2. The molecule has 7 rings (SSSR count). The van der Waals surface area contributed by atoms with Crippen molar-refractivity contribution in [1.82, 2.24) is 4.90 Å². The van der Waals surface area contributed by atoms with Crippen LogP contribution < -0.4 is 10.2 Å². The van der Waals surface area contributed by atoms with E-state index in [1.807, 2.05) is 25.7 Å². The molecule has 0 N–H and O–H groups in total. The largest absolute Gasteiger partial charge is 0.494 e. The van der Waals surface area contributed by atoms with Crippen molar-refractivity contribution in [2.75, 3.05) is 20.3 Å². The Morgan fingerprint density at radius 2 is 1.80 bits per heavy atom. The molecule has 4 aliphatic heterocycles. The molecule has 4 aliphatic rings. The third kappa shape index (κ3) is 5.32. The van der Waals surface area contributed by atoms with E-state index in [0.717, 1.165) is 50.9 Å². The molecule has 236 valence electrons. The molecule has 0 radical (unpaired) electrons. The molecule has 8 nitrogen and oxygen atoms in total. The molecule has 0 unspecified atom stereocenters. The van der Waals surface area contributed by atoms with Crippen LogP contribution in [0.15, 0.2) is 47.5 Å². The van der Waals surface area contributed by atoms with Gasteiger partial charge in [0.25, 0.3) is 0 Å². The van der Waals surface area contributed by atoms with E-state index in [0.29, 0.717) is 26.2 Å². The Labute approximate surface area is 266 Å². The highest BCUT2D eigenvalue weighted by Crippen LogP contribution is 2.44. The molecule has 3 aromatic carbocycles. The molecular formula is C36H43BN2O6. The van der Waals surface area contributed by atoms with Gasteiger partial charge in [-0.25, -0.2) is 4.79 Å². The molecule has 0 aromatic heterocycles. The summed E-state index contributed by atoms with van der Waals surface area (Å²) in [6, 6.07) is 14.9. The summed E-state index contributed by atoms with van der Waals surface area (Å²) >= 11 is 0. The zero-order valence-electron chi connectivity index (χ0n) is 27.7. The number of fused-ring (bicyclic) bond motifs is 6. The number of benzene rings is 3. The SMILES string of the molecule is COC[C@@H]1C[C@@H](C2=Nc3ccc4cc5c(cc4c3C2)OCc2cc(B3OC(C)(C)C(C)(C)O3)ccc2-5)N(C(=O)OC(C)(C)C)C1. The number of rotatable bonds is 4. The number of likely N-dealkylation sites (tertiary alicyclic amines) is 1. The number of nitrogens with zero attached hydrogens (tertiary/aromatic N) is 2. The fourth-order valence-corrected chi connectivity index (χ4v) is 6.99. The zero-order valence-corrected chi connectivity index (χ0v) is 27.7. The molecule has 0 spiro atoms. The van der Waals surface area contributed by atoms with E-state index in [1.54, 1.807) is 7.11 Å². The Morgan fingerprint density at radius 1 is 1.04 bits per heavy atom. The molecular weight excluding hydrogens is 567 g/mol. The summed E-state index contributed by atoms with van der Waals surface area (Å²) in [5.41, 5.74) is 6.15. The van der Waals surface area contributed by atoms with Crippen LogP contribution in [-0.2, 0) is 31.8 Å². The highest BCUT2D eigenvalue weighted by molar-refractivity contribution is 6.62. The van der Waals surface area contributed by atoms with Gasteiger partial charge in [0.1, 0.15) is 18.0 Å².